The number of nitrogens with zero attached hydrogens (tertiary/aromatic N) is 4. The molecule has 0 saturated carbocycles. The van der Waals surface area contributed by atoms with Crippen LogP contribution in [0.5, 0.6) is 0 Å². The van der Waals surface area contributed by atoms with Gasteiger partial charge in [0.15, 0.2) is 0 Å². The fourth-order valence-corrected chi connectivity index (χ4v) is 1.39. The zero-order valence-corrected chi connectivity index (χ0v) is 18.7. The second-order valence-electron chi connectivity index (χ2n) is 5.25. The van der Waals surface area contributed by atoms with Gasteiger partial charge in [-0.1, -0.05) is 10.3 Å². The molecule has 0 rings (SSSR count). The van der Waals surface area contributed by atoms with Crippen molar-refractivity contribution in [2.24, 2.45) is 20.3 Å². The molecule has 6 N–H and O–H groups in total. The Morgan fingerprint density at radius 2 is 0.929 bits per heavy atom. The van der Waals surface area contributed by atoms with E-state index in [0.29, 0.717) is 37.6 Å². The van der Waals surface area contributed by atoms with E-state index in [0.717, 1.165) is 24.5 Å². The third-order valence-corrected chi connectivity index (χ3v) is 3.20. The summed E-state index contributed by atoms with van der Waals surface area (Å²) in [5.41, 5.74) is 2.52. The van der Waals surface area contributed by atoms with Gasteiger partial charge in [0.25, 0.3) is 0 Å². The van der Waals surface area contributed by atoms with Crippen LogP contribution in [0.3, 0.4) is 0 Å². The van der Waals surface area contributed by atoms with Gasteiger partial charge in [-0.25, -0.2) is 0 Å². The third-order valence-electron chi connectivity index (χ3n) is 3.20. The second kappa shape index (κ2) is 26.2. The van der Waals surface area contributed by atoms with Gasteiger partial charge in [0.2, 0.25) is 0 Å². The molecule has 12 heteroatoms. The zero-order valence-electron chi connectivity index (χ0n) is 16.8. The number of hydrogen-bond donors (Lipinski definition) is 6. The summed E-state index contributed by atoms with van der Waals surface area (Å²) < 4.78 is 0. The topological polar surface area (TPSA) is 154 Å². The Morgan fingerprint density at radius 1 is 0.607 bits per heavy atom. The van der Waals surface area contributed by atoms with Crippen molar-refractivity contribution in [1.29, 1.82) is 0 Å². The van der Waals surface area contributed by atoms with E-state index in [4.69, 9.17) is 20.6 Å². The van der Waals surface area contributed by atoms with Crippen molar-refractivity contribution in [3.05, 3.63) is 0 Å². The van der Waals surface area contributed by atoms with Gasteiger partial charge in [0.1, 0.15) is 0 Å². The first-order chi connectivity index (χ1) is 12.4. The fraction of sp³-hybridized carbons (Fsp3) is 0.750. The first-order valence-electron chi connectivity index (χ1n) is 8.47. The number of aliphatic hydroxyl groups is 2. The van der Waals surface area contributed by atoms with Gasteiger partial charge >= 0.3 is 34.1 Å². The molecule has 0 bridgehead atoms. The maximum atomic E-state index is 8.45. The van der Waals surface area contributed by atoms with Crippen LogP contribution < -0.4 is 10.6 Å². The number of oxime groups is 2. The third kappa shape index (κ3) is 23.2. The van der Waals surface area contributed by atoms with Gasteiger partial charge < -0.3 is 31.3 Å². The Bertz CT molecular complexity index is 432. The average molecular weight is 502 g/mol. The van der Waals surface area contributed by atoms with Crippen LogP contribution in [-0.2, 0) is 34.1 Å². The van der Waals surface area contributed by atoms with Crippen LogP contribution in [0, 0.1) is 0 Å². The molecule has 0 aliphatic heterocycles. The molecule has 0 fully saturated rings. The Labute approximate surface area is 188 Å². The maximum Gasteiger partial charge on any atom is 2.00 e. The van der Waals surface area contributed by atoms with E-state index in [1.54, 1.807) is 27.7 Å². The summed E-state index contributed by atoms with van der Waals surface area (Å²) in [6.45, 7) is 11.1. The van der Waals surface area contributed by atoms with E-state index >= 15 is 0 Å². The SMILES string of the molecule is CC(=NO)C(C)=NCCNCCO.CC(=NO)C(C)=NCCNCCO.[Cu+2].[Cu+2]. The van der Waals surface area contributed by atoms with Crippen LogP contribution in [0.25, 0.3) is 0 Å². The molecular formula is C16H34Cu2N6O4+4. The van der Waals surface area contributed by atoms with E-state index in [1.807, 2.05) is 0 Å². The van der Waals surface area contributed by atoms with Crippen LogP contribution in [-0.4, -0.2) is 96.0 Å². The van der Waals surface area contributed by atoms with E-state index < -0.39 is 0 Å². The largest absolute Gasteiger partial charge is 2.00 e. The van der Waals surface area contributed by atoms with Crippen LogP contribution in [0.1, 0.15) is 27.7 Å². The Kier molecular flexibility index (Phi) is 32.4. The second-order valence-corrected chi connectivity index (χ2v) is 5.25. The predicted octanol–water partition coefficient (Wildman–Crippen LogP) is -0.246. The molecule has 0 amide bonds. The van der Waals surface area contributed by atoms with Gasteiger partial charge in [0, 0.05) is 26.2 Å². The minimum Gasteiger partial charge on any atom is -0.411 e. The maximum absolute atomic E-state index is 8.45. The molecule has 0 spiro atoms. The Hall–Kier alpha value is -0.841. The molecule has 0 aliphatic rings. The normalized spacial score (nSPS) is 12.5. The van der Waals surface area contributed by atoms with Crippen LogP contribution in [0.2, 0.25) is 0 Å². The summed E-state index contributed by atoms with van der Waals surface area (Å²) in [6.07, 6.45) is 0. The molecule has 28 heavy (non-hydrogen) atoms. The molecule has 0 saturated heterocycles. The fourth-order valence-electron chi connectivity index (χ4n) is 1.39. The van der Waals surface area contributed by atoms with E-state index in [1.165, 1.54) is 0 Å². The molecule has 0 unspecified atom stereocenters. The number of aliphatic hydroxyl groups excluding tert-OH is 2. The molecule has 10 nitrogen and oxygen atoms in total. The van der Waals surface area contributed by atoms with Gasteiger partial charge in [-0.15, -0.1) is 0 Å². The molecule has 2 radical (unpaired) electrons. The molecule has 0 aromatic heterocycles. The molecule has 0 aromatic carbocycles. The smallest absolute Gasteiger partial charge is 0.411 e. The molecule has 0 aliphatic carbocycles. The average Bonchev–Trinajstić information content (AvgIpc) is 2.66. The van der Waals surface area contributed by atoms with Crippen molar-refractivity contribution in [1.82, 2.24) is 10.6 Å². The monoisotopic (exact) mass is 500 g/mol. The molecular weight excluding hydrogens is 467 g/mol. The predicted molar refractivity (Wildman–Crippen MR) is 106 cm³/mol. The van der Waals surface area contributed by atoms with E-state index in [-0.39, 0.29) is 47.4 Å². The summed E-state index contributed by atoms with van der Waals surface area (Å²) in [7, 11) is 0. The molecule has 0 heterocycles. The Balaban J connectivity index is -0.000000192. The van der Waals surface area contributed by atoms with Gasteiger partial charge in [-0.2, -0.15) is 0 Å². The first-order valence-corrected chi connectivity index (χ1v) is 8.47. The Morgan fingerprint density at radius 3 is 1.18 bits per heavy atom. The van der Waals surface area contributed by atoms with Crippen LogP contribution in [0.4, 0.5) is 0 Å². The summed E-state index contributed by atoms with van der Waals surface area (Å²) >= 11 is 0. The van der Waals surface area contributed by atoms with Crippen molar-refractivity contribution in [2.75, 3.05) is 52.5 Å². The van der Waals surface area contributed by atoms with Crippen LogP contribution >= 0.6 is 0 Å². The van der Waals surface area contributed by atoms with Crippen molar-refractivity contribution in [3.8, 4) is 0 Å². The van der Waals surface area contributed by atoms with Gasteiger partial charge in [-0.05, 0) is 27.7 Å². The summed E-state index contributed by atoms with van der Waals surface area (Å²) in [5, 5.41) is 45.7. The number of rotatable bonds is 12. The standard InChI is InChI=1S/2C8H17N3O2.2Cu/c2*1-7(8(2)11-13)10-4-3-9-5-6-12;;/h2*9,12-13H,3-6H2,1-2H3;;/q;;2*+2. The molecule has 0 atom stereocenters. The van der Waals surface area contributed by atoms with Crippen molar-refractivity contribution in [3.63, 3.8) is 0 Å². The van der Waals surface area contributed by atoms with Crippen molar-refractivity contribution < 1.29 is 54.8 Å². The number of hydrogen-bond acceptors (Lipinski definition) is 10. The minimum absolute atomic E-state index is 0. The number of aliphatic imine (C=N–C) groups is 2. The van der Waals surface area contributed by atoms with E-state index in [2.05, 4.69) is 30.9 Å². The van der Waals surface area contributed by atoms with Gasteiger partial charge in [0.05, 0.1) is 49.2 Å². The van der Waals surface area contributed by atoms with Gasteiger partial charge in [-0.3, -0.25) is 9.98 Å². The summed E-state index contributed by atoms with van der Waals surface area (Å²) in [6, 6.07) is 0. The van der Waals surface area contributed by atoms with E-state index in [9.17, 15) is 0 Å². The quantitative estimate of drug-likeness (QED) is 0.0713. The first kappa shape index (κ1) is 34.7. The summed E-state index contributed by atoms with van der Waals surface area (Å²) in [4.78, 5) is 8.30. The van der Waals surface area contributed by atoms with Crippen molar-refractivity contribution >= 4 is 22.8 Å². The van der Waals surface area contributed by atoms with Crippen molar-refractivity contribution in [2.45, 2.75) is 27.7 Å². The summed E-state index contributed by atoms with van der Waals surface area (Å²) in [5.74, 6) is 0. The number of nitrogens with one attached hydrogen (secondary N) is 2. The zero-order chi connectivity index (χ0) is 20.2. The molecule has 0 aromatic rings. The van der Waals surface area contributed by atoms with Crippen LogP contribution in [0.15, 0.2) is 20.3 Å². The minimum atomic E-state index is 0. The molecule has 170 valence electrons.